The summed E-state index contributed by atoms with van der Waals surface area (Å²) in [4.78, 5) is 5.26. The Bertz CT molecular complexity index is 3270. The smallest absolute Gasteiger partial charge is 0.131 e. The summed E-state index contributed by atoms with van der Waals surface area (Å²) in [5, 5.41) is 15.3. The van der Waals surface area contributed by atoms with Crippen LogP contribution in [0.3, 0.4) is 0 Å². The molecule has 0 spiro atoms. The Balaban J connectivity index is 0.998. The summed E-state index contributed by atoms with van der Waals surface area (Å²) in [6.45, 7) is 0. The summed E-state index contributed by atoms with van der Waals surface area (Å²) in [5.74, 6) is 0.927. The number of para-hydroxylation sites is 2. The fourth-order valence-electron chi connectivity index (χ4n) is 9.14. The molecule has 6 heteroatoms. The van der Waals surface area contributed by atoms with E-state index < -0.39 is 0 Å². The molecule has 0 fully saturated rings. The average molecular weight is 769 g/mol. The molecule has 2 N–H and O–H groups in total. The molecular weight excluding hydrogens is 733 g/mol. The molecule has 0 amide bonds. The van der Waals surface area contributed by atoms with Crippen molar-refractivity contribution in [3.63, 3.8) is 0 Å². The molecule has 7 aromatic carbocycles. The van der Waals surface area contributed by atoms with Gasteiger partial charge in [-0.25, -0.2) is 4.99 Å². The molecule has 4 nitrogen and oxygen atoms in total. The zero-order chi connectivity index (χ0) is 37.5. The quantitative estimate of drug-likeness (QED) is 0.183. The molecule has 2 aliphatic rings. The third-order valence-electron chi connectivity index (χ3n) is 11.8. The van der Waals surface area contributed by atoms with Crippen LogP contribution in [0.2, 0.25) is 0 Å². The monoisotopic (exact) mass is 768 g/mol. The predicted molar refractivity (Wildman–Crippen MR) is 244 cm³/mol. The molecule has 57 heavy (non-hydrogen) atoms. The molecular formula is C51H36N4S2. The first-order chi connectivity index (χ1) is 28.2. The fraction of sp³-hybridized carbons (Fsp3) is 0.0784. The second kappa shape index (κ2) is 13.1. The maximum atomic E-state index is 5.26. The molecule has 1 aliphatic heterocycles. The lowest BCUT2D eigenvalue weighted by Gasteiger charge is -2.34. The van der Waals surface area contributed by atoms with E-state index in [4.69, 9.17) is 4.99 Å². The third kappa shape index (κ3) is 5.32. The van der Waals surface area contributed by atoms with Crippen LogP contribution in [-0.2, 0) is 0 Å². The third-order valence-corrected chi connectivity index (χ3v) is 14.0. The van der Waals surface area contributed by atoms with Gasteiger partial charge in [0.05, 0.1) is 11.0 Å². The molecule has 0 bridgehead atoms. The number of hydrogen-bond donors (Lipinski definition) is 2. The highest BCUT2D eigenvalue weighted by Crippen LogP contribution is 2.46. The van der Waals surface area contributed by atoms with Crippen molar-refractivity contribution in [3.05, 3.63) is 187 Å². The maximum Gasteiger partial charge on any atom is 0.131 e. The van der Waals surface area contributed by atoms with Gasteiger partial charge in [0.25, 0.3) is 0 Å². The van der Waals surface area contributed by atoms with Crippen LogP contribution >= 0.6 is 22.7 Å². The second-order valence-corrected chi connectivity index (χ2v) is 17.2. The summed E-state index contributed by atoms with van der Waals surface area (Å²) in [7, 11) is 0. The molecule has 0 radical (unpaired) electrons. The highest BCUT2D eigenvalue weighted by atomic mass is 32.1. The number of fused-ring (bicyclic) bond motifs is 9. The van der Waals surface area contributed by atoms with Crippen LogP contribution in [0.1, 0.15) is 30.1 Å². The first-order valence-corrected chi connectivity index (χ1v) is 21.3. The van der Waals surface area contributed by atoms with Gasteiger partial charge in [-0.1, -0.05) is 121 Å². The number of benzene rings is 7. The van der Waals surface area contributed by atoms with E-state index in [-0.39, 0.29) is 12.3 Å². The highest BCUT2D eigenvalue weighted by molar-refractivity contribution is 7.26. The summed E-state index contributed by atoms with van der Waals surface area (Å²) in [5.41, 5.74) is 9.83. The Hall–Kier alpha value is -6.31. The van der Waals surface area contributed by atoms with Crippen molar-refractivity contribution < 1.29 is 0 Å². The largest absolute Gasteiger partial charge is 0.351 e. The Kier molecular flexibility index (Phi) is 7.58. The zero-order valence-electron chi connectivity index (χ0n) is 30.9. The minimum absolute atomic E-state index is 0.00811. The van der Waals surface area contributed by atoms with E-state index in [1.165, 1.54) is 90.1 Å². The van der Waals surface area contributed by atoms with Crippen molar-refractivity contribution in [3.8, 4) is 16.8 Å². The minimum Gasteiger partial charge on any atom is -0.351 e. The van der Waals surface area contributed by atoms with Crippen LogP contribution < -0.4 is 10.6 Å². The van der Waals surface area contributed by atoms with E-state index in [2.05, 4.69) is 185 Å². The second-order valence-electron chi connectivity index (χ2n) is 15.1. The lowest BCUT2D eigenvalue weighted by atomic mass is 9.95. The summed E-state index contributed by atoms with van der Waals surface area (Å²) >= 11 is 3.76. The van der Waals surface area contributed by atoms with Gasteiger partial charge in [-0.3, -0.25) is 5.32 Å². The number of amidine groups is 1. The summed E-state index contributed by atoms with van der Waals surface area (Å²) in [6, 6.07) is 55.7. The van der Waals surface area contributed by atoms with Crippen molar-refractivity contribution in [2.45, 2.75) is 25.2 Å². The number of rotatable bonds is 5. The first-order valence-electron chi connectivity index (χ1n) is 19.7. The van der Waals surface area contributed by atoms with Crippen molar-refractivity contribution in [2.75, 3.05) is 0 Å². The van der Waals surface area contributed by atoms with Gasteiger partial charge in [-0.2, -0.15) is 0 Å². The van der Waals surface area contributed by atoms with E-state index in [9.17, 15) is 0 Å². The number of thiophene rings is 2. The predicted octanol–water partition coefficient (Wildman–Crippen LogP) is 13.4. The van der Waals surface area contributed by atoms with Crippen molar-refractivity contribution in [1.82, 2.24) is 15.2 Å². The summed E-state index contributed by atoms with van der Waals surface area (Å²) in [6.07, 6.45) is 8.58. The number of aliphatic imine (C=N–C) groups is 1. The van der Waals surface area contributed by atoms with Crippen LogP contribution in [0.15, 0.2) is 180 Å². The molecule has 2 atom stereocenters. The molecule has 12 rings (SSSR count). The van der Waals surface area contributed by atoms with Gasteiger partial charge in [0.2, 0.25) is 0 Å². The maximum absolute atomic E-state index is 5.26. The highest BCUT2D eigenvalue weighted by Gasteiger charge is 2.27. The topological polar surface area (TPSA) is 41.4 Å². The SMILES string of the molecule is C1=CCCC(C2NC(c3ccccc3)=NC(c3ccc4c(c3)sc3cccc(-c5cccc6sc7ccc(-n8c9ccccc9c9ccccc98)cc7c56)c34)N2)=C1. The standard InChI is InChI=1S/C51H36N4S2/c1-3-13-31(14-4-1)49-52-50(32-15-5-2-6-16-32)54-51(53-49)33-25-27-39-46(29-33)57-44-23-11-19-37(47(39)44)38-20-12-24-45-48(38)40-30-34(26-28-43(40)56-45)55-41-21-9-7-17-35(41)36-18-8-10-22-42(36)55/h1-5,7-15,17-30,50-51,54H,6,16H2,(H,52,53). The Labute approximate surface area is 337 Å². The van der Waals surface area contributed by atoms with E-state index >= 15 is 0 Å². The van der Waals surface area contributed by atoms with Gasteiger partial charge >= 0.3 is 0 Å². The van der Waals surface area contributed by atoms with Crippen molar-refractivity contribution in [1.29, 1.82) is 0 Å². The van der Waals surface area contributed by atoms with Crippen LogP contribution in [0.25, 0.3) is 79.0 Å². The minimum atomic E-state index is -0.179. The van der Waals surface area contributed by atoms with E-state index in [1.807, 2.05) is 22.7 Å². The van der Waals surface area contributed by atoms with E-state index in [0.29, 0.717) is 0 Å². The number of allylic oxidation sites excluding steroid dienone is 3. The zero-order valence-corrected chi connectivity index (χ0v) is 32.6. The van der Waals surface area contributed by atoms with Gasteiger partial charge in [-0.05, 0) is 83.6 Å². The lowest BCUT2D eigenvalue weighted by molar-refractivity contribution is 0.429. The molecule has 10 aromatic rings. The van der Waals surface area contributed by atoms with Crippen molar-refractivity contribution in [2.24, 2.45) is 4.99 Å². The Morgan fingerprint density at radius 1 is 0.579 bits per heavy atom. The fourth-order valence-corrected chi connectivity index (χ4v) is 11.4. The first kappa shape index (κ1) is 32.9. The van der Waals surface area contributed by atoms with Crippen LogP contribution in [0, 0.1) is 0 Å². The summed E-state index contributed by atoms with van der Waals surface area (Å²) < 4.78 is 7.61. The molecule has 272 valence electrons. The van der Waals surface area contributed by atoms with Crippen LogP contribution in [0.4, 0.5) is 0 Å². The van der Waals surface area contributed by atoms with E-state index in [1.54, 1.807) is 0 Å². The Morgan fingerprint density at radius 2 is 1.28 bits per heavy atom. The molecule has 4 heterocycles. The average Bonchev–Trinajstić information content (AvgIpc) is 3.96. The van der Waals surface area contributed by atoms with Gasteiger partial charge in [0.15, 0.2) is 0 Å². The van der Waals surface area contributed by atoms with Crippen molar-refractivity contribution >= 4 is 90.7 Å². The number of hydrogen-bond acceptors (Lipinski definition) is 5. The molecule has 3 aromatic heterocycles. The van der Waals surface area contributed by atoms with Gasteiger partial charge in [0, 0.05) is 62.4 Å². The van der Waals surface area contributed by atoms with Crippen LogP contribution in [0.5, 0.6) is 0 Å². The van der Waals surface area contributed by atoms with Gasteiger partial charge < -0.3 is 9.88 Å². The number of nitrogens with zero attached hydrogens (tertiary/aromatic N) is 2. The van der Waals surface area contributed by atoms with Gasteiger partial charge in [0.1, 0.15) is 18.2 Å². The molecule has 0 saturated carbocycles. The normalized spacial score (nSPS) is 17.2. The molecule has 1 aliphatic carbocycles. The lowest BCUT2D eigenvalue weighted by Crippen LogP contribution is -2.52. The Morgan fingerprint density at radius 3 is 2.02 bits per heavy atom. The molecule has 0 saturated heterocycles. The van der Waals surface area contributed by atoms with Crippen LogP contribution in [-0.4, -0.2) is 16.6 Å². The van der Waals surface area contributed by atoms with Gasteiger partial charge in [-0.15, -0.1) is 22.7 Å². The van der Waals surface area contributed by atoms with E-state index in [0.717, 1.165) is 24.2 Å². The number of aromatic nitrogens is 1. The molecule has 2 unspecified atom stereocenters. The number of nitrogens with one attached hydrogen (secondary N) is 2.